The Morgan fingerprint density at radius 1 is 1.05 bits per heavy atom. The van der Waals surface area contributed by atoms with Crippen molar-refractivity contribution in [3.8, 4) is 0 Å². The monoisotopic (exact) mass is 526 g/mol. The zero-order valence-corrected chi connectivity index (χ0v) is 24.6. The summed E-state index contributed by atoms with van der Waals surface area (Å²) in [7, 11) is 1.77. The first kappa shape index (κ1) is 26.6. The molecule has 2 saturated heterocycles. The van der Waals surface area contributed by atoms with E-state index in [1.54, 1.807) is 0 Å². The number of carbonyl (C=O) groups excluding carboxylic acids is 1. The van der Waals surface area contributed by atoms with E-state index in [0.29, 0.717) is 5.92 Å². The fraction of sp³-hybridized carbons (Fsp3) is 0.548. The molecule has 3 fully saturated rings. The average Bonchev–Trinajstić information content (AvgIpc) is 3.58. The zero-order valence-electron chi connectivity index (χ0n) is 24.6. The van der Waals surface area contributed by atoms with Gasteiger partial charge in [-0.15, -0.1) is 0 Å². The van der Waals surface area contributed by atoms with E-state index in [9.17, 15) is 4.79 Å². The van der Waals surface area contributed by atoms with Crippen molar-refractivity contribution in [1.29, 1.82) is 0 Å². The number of carbonyl (C=O) groups is 1. The first-order valence-electron chi connectivity index (χ1n) is 14.4. The molecule has 3 aliphatic heterocycles. The lowest BCUT2D eigenvalue weighted by Gasteiger charge is -2.46. The molecule has 0 spiro atoms. The van der Waals surface area contributed by atoms with Gasteiger partial charge in [-0.2, -0.15) is 0 Å². The molecule has 2 bridgehead atoms. The van der Waals surface area contributed by atoms with Gasteiger partial charge in [0, 0.05) is 11.8 Å². The minimum absolute atomic E-state index is 0.0714. The SMILES string of the molecule is B[C@@]1(C2=Nc3ccc(B4OC(C)(C)C(C)(C)O4)cc3C2c2ccccc2)[C@H]2CC[C@H](C2)N1C(=O)OC(C)(C)C. The number of hydrogen-bond donors (Lipinski definition) is 0. The molecule has 3 heterocycles. The van der Waals surface area contributed by atoms with Crippen molar-refractivity contribution in [1.82, 2.24) is 4.90 Å². The third-order valence-electron chi connectivity index (χ3n) is 9.71. The highest BCUT2D eigenvalue weighted by atomic mass is 16.7. The number of rotatable bonds is 3. The fourth-order valence-corrected chi connectivity index (χ4v) is 7.02. The van der Waals surface area contributed by atoms with Gasteiger partial charge < -0.3 is 18.9 Å². The maximum Gasteiger partial charge on any atom is 0.494 e. The summed E-state index contributed by atoms with van der Waals surface area (Å²) in [6, 6.07) is 17.1. The quantitative estimate of drug-likeness (QED) is 0.532. The van der Waals surface area contributed by atoms with Crippen LogP contribution in [-0.2, 0) is 14.0 Å². The molecule has 0 N–H and O–H groups in total. The van der Waals surface area contributed by atoms with Gasteiger partial charge in [0.05, 0.1) is 28.2 Å². The van der Waals surface area contributed by atoms with Crippen molar-refractivity contribution >= 4 is 37.9 Å². The van der Waals surface area contributed by atoms with Gasteiger partial charge >= 0.3 is 13.2 Å². The lowest BCUT2D eigenvalue weighted by molar-refractivity contribution is 0.00578. The summed E-state index contributed by atoms with van der Waals surface area (Å²) in [5.41, 5.74) is 3.37. The number of nitrogens with zero attached hydrogens (tertiary/aromatic N) is 2. The van der Waals surface area contributed by atoms with E-state index in [4.69, 9.17) is 19.0 Å². The van der Waals surface area contributed by atoms with Crippen LogP contribution in [0.1, 0.15) is 84.8 Å². The van der Waals surface area contributed by atoms with Gasteiger partial charge in [-0.25, -0.2) is 4.79 Å². The Kier molecular flexibility index (Phi) is 5.95. The summed E-state index contributed by atoms with van der Waals surface area (Å²) in [5.74, 6) is 0.273. The molecule has 6 nitrogen and oxygen atoms in total. The second kappa shape index (κ2) is 8.71. The van der Waals surface area contributed by atoms with Gasteiger partial charge in [-0.3, -0.25) is 4.99 Å². The summed E-state index contributed by atoms with van der Waals surface area (Å²) in [4.78, 5) is 21.1. The smallest absolute Gasteiger partial charge is 0.444 e. The number of benzene rings is 2. The summed E-state index contributed by atoms with van der Waals surface area (Å²) in [5, 5.41) is 0. The van der Waals surface area contributed by atoms with Gasteiger partial charge in [0.1, 0.15) is 13.4 Å². The Hall–Kier alpha value is -2.57. The van der Waals surface area contributed by atoms with Crippen LogP contribution in [0, 0.1) is 5.92 Å². The minimum Gasteiger partial charge on any atom is -0.444 e. The van der Waals surface area contributed by atoms with Gasteiger partial charge in [0.25, 0.3) is 0 Å². The van der Waals surface area contributed by atoms with Crippen LogP contribution < -0.4 is 5.46 Å². The summed E-state index contributed by atoms with van der Waals surface area (Å²) in [6.07, 6.45) is 2.87. The lowest BCUT2D eigenvalue weighted by atomic mass is 9.60. The maximum atomic E-state index is 13.7. The van der Waals surface area contributed by atoms with Crippen molar-refractivity contribution in [2.24, 2.45) is 10.9 Å². The Morgan fingerprint density at radius 3 is 2.36 bits per heavy atom. The molecule has 8 heteroatoms. The Labute approximate surface area is 234 Å². The number of hydrogen-bond acceptors (Lipinski definition) is 5. The van der Waals surface area contributed by atoms with Crippen molar-refractivity contribution in [2.75, 3.05) is 0 Å². The molecular formula is C31H40B2N2O4. The second-order valence-corrected chi connectivity index (χ2v) is 13.9. The second-order valence-electron chi connectivity index (χ2n) is 13.9. The van der Waals surface area contributed by atoms with Crippen LogP contribution in [0.2, 0.25) is 0 Å². The van der Waals surface area contributed by atoms with E-state index in [1.807, 2.05) is 31.7 Å². The molecule has 1 amide bonds. The van der Waals surface area contributed by atoms with Crippen molar-refractivity contribution in [3.63, 3.8) is 0 Å². The number of aliphatic imine (C=N–C) groups is 1. The highest BCUT2D eigenvalue weighted by Gasteiger charge is 2.61. The number of ether oxygens (including phenoxy) is 1. The van der Waals surface area contributed by atoms with Crippen LogP contribution in [0.25, 0.3) is 0 Å². The number of piperidine rings is 1. The van der Waals surface area contributed by atoms with Crippen LogP contribution in [0.3, 0.4) is 0 Å². The van der Waals surface area contributed by atoms with E-state index >= 15 is 0 Å². The largest absolute Gasteiger partial charge is 0.494 e. The molecule has 4 aliphatic rings. The Bertz CT molecular complexity index is 1320. The molecule has 1 aliphatic carbocycles. The lowest BCUT2D eigenvalue weighted by Crippen LogP contribution is -2.62. The van der Waals surface area contributed by atoms with Crippen molar-refractivity contribution in [2.45, 2.75) is 102 Å². The van der Waals surface area contributed by atoms with E-state index in [1.165, 1.54) is 5.56 Å². The average molecular weight is 526 g/mol. The molecular weight excluding hydrogens is 486 g/mol. The summed E-state index contributed by atoms with van der Waals surface area (Å²) < 4.78 is 18.8. The maximum absolute atomic E-state index is 13.7. The Morgan fingerprint density at radius 2 is 1.72 bits per heavy atom. The van der Waals surface area contributed by atoms with Crippen molar-refractivity contribution < 1.29 is 18.8 Å². The van der Waals surface area contributed by atoms with Gasteiger partial charge in [-0.05, 0) is 96.3 Å². The van der Waals surface area contributed by atoms with Crippen LogP contribution in [-0.4, -0.2) is 60.0 Å². The van der Waals surface area contributed by atoms with Crippen LogP contribution in [0.4, 0.5) is 10.5 Å². The molecule has 39 heavy (non-hydrogen) atoms. The zero-order chi connectivity index (χ0) is 28.0. The van der Waals surface area contributed by atoms with E-state index < -0.39 is 29.4 Å². The topological polar surface area (TPSA) is 60.4 Å². The Balaban J connectivity index is 1.43. The van der Waals surface area contributed by atoms with Crippen LogP contribution in [0.5, 0.6) is 0 Å². The van der Waals surface area contributed by atoms with E-state index in [0.717, 1.165) is 41.7 Å². The minimum atomic E-state index is -0.559. The molecule has 6 rings (SSSR count). The predicted octanol–water partition coefficient (Wildman–Crippen LogP) is 4.95. The van der Waals surface area contributed by atoms with Gasteiger partial charge in [0.15, 0.2) is 0 Å². The van der Waals surface area contributed by atoms with Crippen LogP contribution in [0.15, 0.2) is 53.5 Å². The molecule has 0 aromatic heterocycles. The van der Waals surface area contributed by atoms with Gasteiger partial charge in [-0.1, -0.05) is 42.5 Å². The molecule has 0 radical (unpaired) electrons. The third kappa shape index (κ3) is 4.17. The number of fused-ring (bicyclic) bond motifs is 3. The number of likely N-dealkylation sites (tertiary alicyclic amines) is 1. The van der Waals surface area contributed by atoms with E-state index in [2.05, 4.69) is 78.0 Å². The fourth-order valence-electron chi connectivity index (χ4n) is 7.02. The third-order valence-corrected chi connectivity index (χ3v) is 9.71. The first-order chi connectivity index (χ1) is 18.2. The summed E-state index contributed by atoms with van der Waals surface area (Å²) >= 11 is 0. The molecule has 2 aromatic carbocycles. The molecule has 4 atom stereocenters. The predicted molar refractivity (Wildman–Crippen MR) is 158 cm³/mol. The molecule has 1 unspecified atom stereocenters. The molecule has 1 saturated carbocycles. The summed E-state index contributed by atoms with van der Waals surface area (Å²) in [6.45, 7) is 14.1. The standard InChI is InChI=1S/C31H40B2N2O4/c1-28(2,3)37-27(36)35-22-15-13-20(17-22)31(35,32)26-25(19-11-9-8-10-12-19)23-18-21(14-16-24(23)34-26)33-38-29(4,5)30(6,7)39-33/h8-12,14,16,18,20,22,25H,13,15,17,32H2,1-7H3/t20-,22+,25?,31-/m0/s1. The normalized spacial score (nSPS) is 30.4. The molecule has 2 aromatic rings. The highest BCUT2D eigenvalue weighted by Crippen LogP contribution is 2.54. The van der Waals surface area contributed by atoms with Crippen LogP contribution >= 0.6 is 0 Å². The van der Waals surface area contributed by atoms with Gasteiger partial charge in [0.2, 0.25) is 0 Å². The van der Waals surface area contributed by atoms with Crippen molar-refractivity contribution in [3.05, 3.63) is 59.7 Å². The first-order valence-corrected chi connectivity index (χ1v) is 14.4. The van der Waals surface area contributed by atoms with E-state index in [-0.39, 0.29) is 18.1 Å². The highest BCUT2D eigenvalue weighted by molar-refractivity contribution is 6.62. The number of amides is 1. The molecule has 204 valence electrons.